The van der Waals surface area contributed by atoms with Gasteiger partial charge in [0.1, 0.15) is 12.4 Å². The molecule has 0 aliphatic carbocycles. The van der Waals surface area contributed by atoms with E-state index in [9.17, 15) is 9.18 Å². The highest BCUT2D eigenvalue weighted by atomic mass is 79.9. The Morgan fingerprint density at radius 3 is 2.48 bits per heavy atom. The number of carbonyl (C=O) groups is 1. The van der Waals surface area contributed by atoms with Crippen molar-refractivity contribution in [3.63, 3.8) is 0 Å². The second-order valence-electron chi connectivity index (χ2n) is 4.63. The Hall–Kier alpha value is -2.08. The molecule has 2 aromatic rings. The number of esters is 1. The van der Waals surface area contributed by atoms with E-state index in [2.05, 4.69) is 15.9 Å². The van der Waals surface area contributed by atoms with Crippen molar-refractivity contribution in [3.05, 3.63) is 57.8 Å². The molecule has 0 radical (unpaired) electrons. The smallest absolute Gasteiger partial charge is 0.338 e. The van der Waals surface area contributed by atoms with E-state index >= 15 is 0 Å². The fourth-order valence-corrected chi connectivity index (χ4v) is 2.50. The van der Waals surface area contributed by atoms with Crippen molar-refractivity contribution in [2.75, 3.05) is 13.7 Å². The summed E-state index contributed by atoms with van der Waals surface area (Å²) < 4.78 is 29.5. The molecule has 6 heteroatoms. The van der Waals surface area contributed by atoms with Crippen molar-refractivity contribution >= 4 is 21.9 Å². The Labute approximate surface area is 142 Å². The molecule has 0 aromatic heterocycles. The van der Waals surface area contributed by atoms with Gasteiger partial charge in [-0.25, -0.2) is 9.18 Å². The van der Waals surface area contributed by atoms with Gasteiger partial charge in [-0.3, -0.25) is 0 Å². The molecule has 2 aromatic carbocycles. The normalized spacial score (nSPS) is 10.3. The number of hydrogen-bond donors (Lipinski definition) is 0. The van der Waals surface area contributed by atoms with Gasteiger partial charge in [-0.15, -0.1) is 0 Å². The minimum absolute atomic E-state index is 0.247. The highest BCUT2D eigenvalue weighted by Crippen LogP contribution is 2.37. The molecule has 0 spiro atoms. The van der Waals surface area contributed by atoms with Crippen LogP contribution in [0, 0.1) is 5.82 Å². The summed E-state index contributed by atoms with van der Waals surface area (Å²) in [4.78, 5) is 11.7. The quantitative estimate of drug-likeness (QED) is 0.696. The van der Waals surface area contributed by atoms with Crippen LogP contribution in [0.1, 0.15) is 22.8 Å². The molecule has 122 valence electrons. The lowest BCUT2D eigenvalue weighted by Gasteiger charge is -2.15. The number of benzene rings is 2. The van der Waals surface area contributed by atoms with Crippen molar-refractivity contribution in [3.8, 4) is 11.5 Å². The second kappa shape index (κ2) is 7.97. The maximum atomic E-state index is 12.9. The highest BCUT2D eigenvalue weighted by Gasteiger charge is 2.16. The minimum Gasteiger partial charge on any atom is -0.490 e. The van der Waals surface area contributed by atoms with E-state index < -0.39 is 5.97 Å². The van der Waals surface area contributed by atoms with E-state index in [1.165, 1.54) is 19.2 Å². The van der Waals surface area contributed by atoms with Crippen LogP contribution < -0.4 is 9.47 Å². The average Bonchev–Trinajstić information content (AvgIpc) is 2.55. The summed E-state index contributed by atoms with van der Waals surface area (Å²) in [6.07, 6.45) is 0. The van der Waals surface area contributed by atoms with Crippen molar-refractivity contribution in [1.29, 1.82) is 0 Å². The van der Waals surface area contributed by atoms with Gasteiger partial charge in [0.15, 0.2) is 11.5 Å². The molecule has 0 aliphatic heterocycles. The highest BCUT2D eigenvalue weighted by molar-refractivity contribution is 9.10. The Balaban J connectivity index is 2.25. The summed E-state index contributed by atoms with van der Waals surface area (Å²) in [5, 5.41) is 0. The van der Waals surface area contributed by atoms with Crippen LogP contribution in [-0.2, 0) is 11.3 Å². The standard InChI is InChI=1S/C17H16BrFO4/c1-3-22-15-9-12(17(20)21-2)8-14(18)16(15)23-10-11-4-6-13(19)7-5-11/h4-9H,3,10H2,1-2H3. The number of ether oxygens (including phenoxy) is 3. The molecule has 0 unspecified atom stereocenters. The third-order valence-electron chi connectivity index (χ3n) is 3.03. The predicted octanol–water partition coefficient (Wildman–Crippen LogP) is 4.35. The Morgan fingerprint density at radius 2 is 1.87 bits per heavy atom. The van der Waals surface area contributed by atoms with E-state index in [0.29, 0.717) is 28.1 Å². The van der Waals surface area contributed by atoms with E-state index in [-0.39, 0.29) is 12.4 Å². The van der Waals surface area contributed by atoms with Crippen LogP contribution in [0.2, 0.25) is 0 Å². The lowest BCUT2D eigenvalue weighted by Crippen LogP contribution is -2.05. The van der Waals surface area contributed by atoms with Crippen LogP contribution in [0.5, 0.6) is 11.5 Å². The van der Waals surface area contributed by atoms with Gasteiger partial charge in [-0.1, -0.05) is 12.1 Å². The van der Waals surface area contributed by atoms with Crippen molar-refractivity contribution in [1.82, 2.24) is 0 Å². The molecule has 23 heavy (non-hydrogen) atoms. The largest absolute Gasteiger partial charge is 0.490 e. The monoisotopic (exact) mass is 382 g/mol. The fourth-order valence-electron chi connectivity index (χ4n) is 1.94. The van der Waals surface area contributed by atoms with Gasteiger partial charge < -0.3 is 14.2 Å². The summed E-state index contributed by atoms with van der Waals surface area (Å²) in [5.41, 5.74) is 1.18. The molecular formula is C17H16BrFO4. The lowest BCUT2D eigenvalue weighted by molar-refractivity contribution is 0.0600. The zero-order valence-corrected chi connectivity index (χ0v) is 14.4. The summed E-state index contributed by atoms with van der Waals surface area (Å²) in [7, 11) is 1.32. The SMILES string of the molecule is CCOc1cc(C(=O)OC)cc(Br)c1OCc1ccc(F)cc1. The van der Waals surface area contributed by atoms with Crippen molar-refractivity contribution in [2.45, 2.75) is 13.5 Å². The number of hydrogen-bond acceptors (Lipinski definition) is 4. The second-order valence-corrected chi connectivity index (χ2v) is 5.48. The molecule has 0 bridgehead atoms. The van der Waals surface area contributed by atoms with E-state index in [1.54, 1.807) is 24.3 Å². The number of halogens is 2. The molecule has 0 saturated heterocycles. The molecule has 0 amide bonds. The number of carbonyl (C=O) groups excluding carboxylic acids is 1. The maximum absolute atomic E-state index is 12.9. The molecule has 4 nitrogen and oxygen atoms in total. The first-order chi connectivity index (χ1) is 11.0. The van der Waals surface area contributed by atoms with Crippen LogP contribution in [0.4, 0.5) is 4.39 Å². The third-order valence-corrected chi connectivity index (χ3v) is 3.62. The fraction of sp³-hybridized carbons (Fsp3) is 0.235. The predicted molar refractivity (Wildman–Crippen MR) is 87.4 cm³/mol. The van der Waals surface area contributed by atoms with Gasteiger partial charge in [0.25, 0.3) is 0 Å². The third kappa shape index (κ3) is 4.45. The Bertz CT molecular complexity index is 686. The summed E-state index contributed by atoms with van der Waals surface area (Å²) in [6, 6.07) is 9.21. The maximum Gasteiger partial charge on any atom is 0.338 e. The van der Waals surface area contributed by atoms with Gasteiger partial charge in [0.05, 0.1) is 23.8 Å². The van der Waals surface area contributed by atoms with Crippen LogP contribution in [-0.4, -0.2) is 19.7 Å². The van der Waals surface area contributed by atoms with Gasteiger partial charge in [0, 0.05) is 0 Å². The first-order valence-electron chi connectivity index (χ1n) is 6.97. The van der Waals surface area contributed by atoms with Gasteiger partial charge in [0.2, 0.25) is 0 Å². The lowest BCUT2D eigenvalue weighted by atomic mass is 10.2. The van der Waals surface area contributed by atoms with Gasteiger partial charge in [-0.05, 0) is 52.7 Å². The van der Waals surface area contributed by atoms with E-state index in [1.807, 2.05) is 6.92 Å². The molecule has 0 atom stereocenters. The van der Waals surface area contributed by atoms with Crippen LogP contribution >= 0.6 is 15.9 Å². The number of methoxy groups -OCH3 is 1. The Morgan fingerprint density at radius 1 is 1.17 bits per heavy atom. The summed E-state index contributed by atoms with van der Waals surface area (Å²) in [5.74, 6) is 0.150. The average molecular weight is 383 g/mol. The summed E-state index contributed by atoms with van der Waals surface area (Å²) >= 11 is 3.38. The van der Waals surface area contributed by atoms with Crippen LogP contribution in [0.3, 0.4) is 0 Å². The summed E-state index contributed by atoms with van der Waals surface area (Å²) in [6.45, 7) is 2.50. The first kappa shape index (κ1) is 17.3. The first-order valence-corrected chi connectivity index (χ1v) is 7.76. The molecule has 0 N–H and O–H groups in total. The zero-order chi connectivity index (χ0) is 16.8. The topological polar surface area (TPSA) is 44.8 Å². The van der Waals surface area contributed by atoms with Gasteiger partial charge in [-0.2, -0.15) is 0 Å². The van der Waals surface area contributed by atoms with Crippen molar-refractivity contribution < 1.29 is 23.4 Å². The minimum atomic E-state index is -0.461. The molecular weight excluding hydrogens is 367 g/mol. The Kier molecular flexibility index (Phi) is 5.98. The van der Waals surface area contributed by atoms with E-state index in [0.717, 1.165) is 5.56 Å². The zero-order valence-electron chi connectivity index (χ0n) is 12.8. The molecule has 0 fully saturated rings. The molecule has 0 heterocycles. The van der Waals surface area contributed by atoms with Crippen molar-refractivity contribution in [2.24, 2.45) is 0 Å². The van der Waals surface area contributed by atoms with Gasteiger partial charge >= 0.3 is 5.97 Å². The molecule has 2 rings (SSSR count). The van der Waals surface area contributed by atoms with Crippen LogP contribution in [0.15, 0.2) is 40.9 Å². The molecule has 0 saturated carbocycles. The van der Waals surface area contributed by atoms with Crippen LogP contribution in [0.25, 0.3) is 0 Å². The van der Waals surface area contributed by atoms with E-state index in [4.69, 9.17) is 14.2 Å². The molecule has 0 aliphatic rings. The number of rotatable bonds is 6.